The monoisotopic (exact) mass is 236 g/mol. The molecular weight excluding hydrogens is 219 g/mol. The van der Waals surface area contributed by atoms with Gasteiger partial charge >= 0.3 is 0 Å². The summed E-state index contributed by atoms with van der Waals surface area (Å²) >= 11 is 0. The number of pyridine rings is 1. The van der Waals surface area contributed by atoms with Crippen LogP contribution >= 0.6 is 0 Å². The van der Waals surface area contributed by atoms with E-state index in [1.807, 2.05) is 4.90 Å². The number of carbonyl (C=O) groups excluding carboxylic acids is 1. The van der Waals surface area contributed by atoms with E-state index in [4.69, 9.17) is 0 Å². The number of hydrogen-bond donors (Lipinski definition) is 0. The molecule has 1 aromatic heterocycles. The van der Waals surface area contributed by atoms with E-state index in [2.05, 4.69) is 18.8 Å². The van der Waals surface area contributed by atoms with Crippen LogP contribution in [0.4, 0.5) is 4.39 Å². The van der Waals surface area contributed by atoms with Crippen molar-refractivity contribution in [1.29, 1.82) is 0 Å². The number of halogens is 1. The highest BCUT2D eigenvalue weighted by molar-refractivity contribution is 5.92. The van der Waals surface area contributed by atoms with Gasteiger partial charge in [0.2, 0.25) is 5.95 Å². The van der Waals surface area contributed by atoms with Crippen molar-refractivity contribution >= 4 is 5.91 Å². The molecular formula is C13H17FN2O. The van der Waals surface area contributed by atoms with Crippen LogP contribution in [0.5, 0.6) is 0 Å². The van der Waals surface area contributed by atoms with E-state index in [0.29, 0.717) is 18.5 Å². The molecule has 0 unspecified atom stereocenters. The molecule has 4 heteroatoms. The number of amides is 1. The Morgan fingerprint density at radius 2 is 2.24 bits per heavy atom. The van der Waals surface area contributed by atoms with Crippen LogP contribution in [0.1, 0.15) is 37.2 Å². The second-order valence-electron chi connectivity index (χ2n) is 4.93. The highest BCUT2D eigenvalue weighted by Crippen LogP contribution is 2.28. The quantitative estimate of drug-likeness (QED) is 0.752. The predicted octanol–water partition coefficient (Wildman–Crippen LogP) is 2.48. The zero-order valence-corrected chi connectivity index (χ0v) is 10.2. The third kappa shape index (κ3) is 3.02. The summed E-state index contributed by atoms with van der Waals surface area (Å²) in [4.78, 5) is 17.7. The average Bonchev–Trinajstić information content (AvgIpc) is 3.08. The third-order valence-corrected chi connectivity index (χ3v) is 2.74. The number of nitrogens with zero attached hydrogens (tertiary/aromatic N) is 2. The number of hydrogen-bond acceptors (Lipinski definition) is 2. The van der Waals surface area contributed by atoms with Crippen LogP contribution in [-0.4, -0.2) is 28.4 Å². The Kier molecular flexibility index (Phi) is 3.41. The van der Waals surface area contributed by atoms with Crippen molar-refractivity contribution in [2.45, 2.75) is 32.7 Å². The summed E-state index contributed by atoms with van der Waals surface area (Å²) in [5.41, 5.74) is 0.206. The van der Waals surface area contributed by atoms with E-state index in [1.54, 1.807) is 6.07 Å². The molecule has 0 aliphatic heterocycles. The summed E-state index contributed by atoms with van der Waals surface area (Å²) in [5.74, 6) is -0.343. The van der Waals surface area contributed by atoms with Crippen LogP contribution in [0.25, 0.3) is 0 Å². The second-order valence-corrected chi connectivity index (χ2v) is 4.93. The third-order valence-electron chi connectivity index (χ3n) is 2.74. The molecule has 0 bridgehead atoms. The van der Waals surface area contributed by atoms with Gasteiger partial charge in [-0.3, -0.25) is 4.79 Å². The van der Waals surface area contributed by atoms with Crippen molar-refractivity contribution in [3.8, 4) is 0 Å². The summed E-state index contributed by atoms with van der Waals surface area (Å²) < 4.78 is 13.0. The van der Waals surface area contributed by atoms with Crippen molar-refractivity contribution in [2.24, 2.45) is 5.92 Å². The van der Waals surface area contributed by atoms with E-state index in [0.717, 1.165) is 12.8 Å². The van der Waals surface area contributed by atoms with Crippen molar-refractivity contribution in [3.05, 3.63) is 29.8 Å². The summed E-state index contributed by atoms with van der Waals surface area (Å²) in [6.07, 6.45) is 2.10. The smallest absolute Gasteiger partial charge is 0.272 e. The van der Waals surface area contributed by atoms with Gasteiger partial charge in [-0.25, -0.2) is 4.98 Å². The van der Waals surface area contributed by atoms with Gasteiger partial charge in [-0.1, -0.05) is 19.9 Å². The molecule has 0 saturated heterocycles. The van der Waals surface area contributed by atoms with Gasteiger partial charge in [-0.15, -0.1) is 0 Å². The highest BCUT2D eigenvalue weighted by atomic mass is 19.1. The van der Waals surface area contributed by atoms with Crippen LogP contribution < -0.4 is 0 Å². The Labute approximate surface area is 101 Å². The van der Waals surface area contributed by atoms with Gasteiger partial charge in [-0.05, 0) is 30.9 Å². The number of carbonyl (C=O) groups is 1. The Morgan fingerprint density at radius 3 is 2.76 bits per heavy atom. The average molecular weight is 236 g/mol. The van der Waals surface area contributed by atoms with Gasteiger partial charge in [0.05, 0.1) is 0 Å². The standard InChI is InChI=1S/C13H17FN2O/c1-9(2)8-16(10-6-7-10)13(17)11-4-3-5-12(14)15-11/h3-5,9-10H,6-8H2,1-2H3. The van der Waals surface area contributed by atoms with Crippen LogP contribution in [0.3, 0.4) is 0 Å². The lowest BCUT2D eigenvalue weighted by Gasteiger charge is -2.23. The van der Waals surface area contributed by atoms with Gasteiger partial charge in [0.1, 0.15) is 5.69 Å². The molecule has 0 aromatic carbocycles. The first-order chi connectivity index (χ1) is 8.08. The molecule has 1 saturated carbocycles. The van der Waals surface area contributed by atoms with E-state index >= 15 is 0 Å². The summed E-state index contributed by atoms with van der Waals surface area (Å²) in [7, 11) is 0. The molecule has 92 valence electrons. The number of aromatic nitrogens is 1. The maximum absolute atomic E-state index is 13.0. The van der Waals surface area contributed by atoms with Gasteiger partial charge in [0.15, 0.2) is 0 Å². The zero-order chi connectivity index (χ0) is 12.4. The molecule has 0 N–H and O–H groups in total. The molecule has 1 fully saturated rings. The first kappa shape index (κ1) is 12.0. The maximum atomic E-state index is 13.0. The van der Waals surface area contributed by atoms with E-state index in [1.165, 1.54) is 12.1 Å². The maximum Gasteiger partial charge on any atom is 0.272 e. The van der Waals surface area contributed by atoms with E-state index in [9.17, 15) is 9.18 Å². The SMILES string of the molecule is CC(C)CN(C(=O)c1cccc(F)n1)C1CC1. The van der Waals surface area contributed by atoms with E-state index in [-0.39, 0.29) is 11.6 Å². The Balaban J connectivity index is 2.15. The molecule has 0 atom stereocenters. The largest absolute Gasteiger partial charge is 0.334 e. The van der Waals surface area contributed by atoms with Crippen molar-refractivity contribution in [2.75, 3.05) is 6.54 Å². The Bertz CT molecular complexity index is 416. The fourth-order valence-electron chi connectivity index (χ4n) is 1.85. The van der Waals surface area contributed by atoms with Crippen molar-refractivity contribution in [3.63, 3.8) is 0 Å². The molecule has 2 rings (SSSR count). The highest BCUT2D eigenvalue weighted by Gasteiger charge is 2.33. The number of rotatable bonds is 4. The minimum absolute atomic E-state index is 0.152. The van der Waals surface area contributed by atoms with Crippen molar-refractivity contribution in [1.82, 2.24) is 9.88 Å². The second kappa shape index (κ2) is 4.82. The lowest BCUT2D eigenvalue weighted by molar-refractivity contribution is 0.0715. The molecule has 3 nitrogen and oxygen atoms in total. The minimum atomic E-state index is -0.601. The minimum Gasteiger partial charge on any atom is -0.334 e. The van der Waals surface area contributed by atoms with Crippen LogP contribution in [0, 0.1) is 11.9 Å². The molecule has 0 radical (unpaired) electrons. The molecule has 17 heavy (non-hydrogen) atoms. The van der Waals surface area contributed by atoms with Crippen molar-refractivity contribution < 1.29 is 9.18 Å². The first-order valence-electron chi connectivity index (χ1n) is 6.01. The first-order valence-corrected chi connectivity index (χ1v) is 6.01. The molecule has 1 aromatic rings. The van der Waals surface area contributed by atoms with Gasteiger partial charge in [0.25, 0.3) is 5.91 Å². The fraction of sp³-hybridized carbons (Fsp3) is 0.538. The lowest BCUT2D eigenvalue weighted by atomic mass is 10.2. The van der Waals surface area contributed by atoms with Gasteiger partial charge in [0, 0.05) is 12.6 Å². The molecule has 1 aliphatic carbocycles. The van der Waals surface area contributed by atoms with E-state index < -0.39 is 5.95 Å². The van der Waals surface area contributed by atoms with Crippen LogP contribution in [0.2, 0.25) is 0 Å². The molecule has 1 amide bonds. The fourth-order valence-corrected chi connectivity index (χ4v) is 1.85. The van der Waals surface area contributed by atoms with Crippen LogP contribution in [-0.2, 0) is 0 Å². The lowest BCUT2D eigenvalue weighted by Crippen LogP contribution is -2.36. The molecule has 1 heterocycles. The van der Waals surface area contributed by atoms with Gasteiger partial charge in [-0.2, -0.15) is 4.39 Å². The topological polar surface area (TPSA) is 33.2 Å². The zero-order valence-electron chi connectivity index (χ0n) is 10.2. The van der Waals surface area contributed by atoms with Gasteiger partial charge < -0.3 is 4.90 Å². The normalized spacial score (nSPS) is 15.1. The summed E-state index contributed by atoms with van der Waals surface area (Å²) in [6.45, 7) is 4.85. The van der Waals surface area contributed by atoms with Crippen LogP contribution in [0.15, 0.2) is 18.2 Å². The Morgan fingerprint density at radius 1 is 1.53 bits per heavy atom. The summed E-state index contributed by atoms with van der Waals surface area (Å²) in [6, 6.07) is 4.67. The molecule has 0 spiro atoms. The molecule has 1 aliphatic rings. The summed E-state index contributed by atoms with van der Waals surface area (Å²) in [5, 5.41) is 0. The Hall–Kier alpha value is -1.45. The predicted molar refractivity (Wildman–Crippen MR) is 63.1 cm³/mol.